The predicted molar refractivity (Wildman–Crippen MR) is 125 cm³/mol. The fourth-order valence-electron chi connectivity index (χ4n) is 4.23. The molecule has 1 aliphatic carbocycles. The molecular weight excluding hydrogens is 453 g/mol. The summed E-state index contributed by atoms with van der Waals surface area (Å²) in [5.74, 6) is 0.944. The van der Waals surface area contributed by atoms with Crippen molar-refractivity contribution in [3.05, 3.63) is 0 Å². The zero-order valence-corrected chi connectivity index (χ0v) is 20.1. The number of hydrogen-bond acceptors (Lipinski definition) is 4. The summed E-state index contributed by atoms with van der Waals surface area (Å²) in [5, 5.41) is 7.09. The summed E-state index contributed by atoms with van der Waals surface area (Å²) >= 11 is 0. The third-order valence-electron chi connectivity index (χ3n) is 6.13. The first-order valence-corrected chi connectivity index (χ1v) is 10.7. The normalized spacial score (nSPS) is 21.1. The minimum atomic E-state index is 0. The molecule has 27 heavy (non-hydrogen) atoms. The molecule has 7 heteroatoms. The van der Waals surface area contributed by atoms with E-state index in [0.29, 0.717) is 5.41 Å². The average Bonchev–Trinajstić information content (AvgIpc) is 3.14. The monoisotopic (exact) mass is 495 g/mol. The van der Waals surface area contributed by atoms with Gasteiger partial charge in [0.05, 0.1) is 0 Å². The van der Waals surface area contributed by atoms with Gasteiger partial charge in [0.15, 0.2) is 5.96 Å². The van der Waals surface area contributed by atoms with Gasteiger partial charge in [-0.2, -0.15) is 0 Å². The highest BCUT2D eigenvalue weighted by Gasteiger charge is 2.33. The maximum absolute atomic E-state index is 5.62. The van der Waals surface area contributed by atoms with E-state index in [1.165, 1.54) is 58.4 Å². The molecule has 2 fully saturated rings. The summed E-state index contributed by atoms with van der Waals surface area (Å²) in [5.41, 5.74) is 0.392. The molecule has 0 amide bonds. The molecule has 0 aromatic carbocycles. The van der Waals surface area contributed by atoms with Gasteiger partial charge < -0.3 is 20.3 Å². The summed E-state index contributed by atoms with van der Waals surface area (Å²) in [4.78, 5) is 9.49. The summed E-state index contributed by atoms with van der Waals surface area (Å²) in [6.45, 7) is 15.0. The van der Waals surface area contributed by atoms with Crippen LogP contribution in [-0.4, -0.2) is 88.4 Å². The molecule has 1 aliphatic heterocycles. The second-order valence-corrected chi connectivity index (χ2v) is 7.78. The number of ether oxygens (including phenoxy) is 1. The molecule has 6 nitrogen and oxygen atoms in total. The van der Waals surface area contributed by atoms with Gasteiger partial charge >= 0.3 is 0 Å². The highest BCUT2D eigenvalue weighted by molar-refractivity contribution is 14.0. The minimum Gasteiger partial charge on any atom is -0.382 e. The second kappa shape index (κ2) is 14.0. The first-order valence-electron chi connectivity index (χ1n) is 10.7. The molecule has 0 spiro atoms. The standard InChI is InChI=1S/C20H41N5O.HI/c1-4-24-13-15-25(16-14-24)12-11-22-19(21-3)23-18-20(8-6-7-9-20)10-17-26-5-2;/h4-18H2,1-3H3,(H2,21,22,23);1H. The lowest BCUT2D eigenvalue weighted by molar-refractivity contribution is 0.105. The van der Waals surface area contributed by atoms with E-state index in [-0.39, 0.29) is 24.0 Å². The molecule has 1 heterocycles. The van der Waals surface area contributed by atoms with E-state index in [4.69, 9.17) is 4.74 Å². The van der Waals surface area contributed by atoms with Gasteiger partial charge in [-0.15, -0.1) is 24.0 Å². The molecule has 0 aromatic rings. The number of rotatable bonds is 10. The van der Waals surface area contributed by atoms with Crippen LogP contribution in [0.25, 0.3) is 0 Å². The number of halogens is 1. The van der Waals surface area contributed by atoms with Crippen LogP contribution in [0, 0.1) is 5.41 Å². The number of nitrogens with one attached hydrogen (secondary N) is 2. The van der Waals surface area contributed by atoms with E-state index in [2.05, 4.69) is 39.3 Å². The van der Waals surface area contributed by atoms with Crippen molar-refractivity contribution >= 4 is 29.9 Å². The van der Waals surface area contributed by atoms with Crippen molar-refractivity contribution in [3.8, 4) is 0 Å². The van der Waals surface area contributed by atoms with Gasteiger partial charge in [0, 0.05) is 66.1 Å². The van der Waals surface area contributed by atoms with Crippen LogP contribution in [0.4, 0.5) is 0 Å². The third-order valence-corrected chi connectivity index (χ3v) is 6.13. The molecule has 2 N–H and O–H groups in total. The zero-order chi connectivity index (χ0) is 18.7. The number of guanidine groups is 1. The Labute approximate surface area is 183 Å². The second-order valence-electron chi connectivity index (χ2n) is 7.78. The summed E-state index contributed by atoms with van der Waals surface area (Å²) in [7, 11) is 1.87. The van der Waals surface area contributed by atoms with Gasteiger partial charge in [0.1, 0.15) is 0 Å². The lowest BCUT2D eigenvalue weighted by Crippen LogP contribution is -2.49. The Morgan fingerprint density at radius 1 is 1.04 bits per heavy atom. The number of likely N-dealkylation sites (N-methyl/N-ethyl adjacent to an activating group) is 1. The molecule has 2 rings (SSSR count). The number of hydrogen-bond donors (Lipinski definition) is 2. The molecule has 1 saturated heterocycles. The Morgan fingerprint density at radius 2 is 1.70 bits per heavy atom. The van der Waals surface area contributed by atoms with Crippen LogP contribution in [0.15, 0.2) is 4.99 Å². The smallest absolute Gasteiger partial charge is 0.191 e. The minimum absolute atomic E-state index is 0. The Balaban J connectivity index is 0.00000364. The molecular formula is C20H42IN5O. The average molecular weight is 495 g/mol. The Bertz CT molecular complexity index is 407. The van der Waals surface area contributed by atoms with E-state index >= 15 is 0 Å². The summed E-state index contributed by atoms with van der Waals surface area (Å²) < 4.78 is 5.62. The Hall–Kier alpha value is -0.120. The van der Waals surface area contributed by atoms with Crippen LogP contribution < -0.4 is 10.6 Å². The highest BCUT2D eigenvalue weighted by atomic mass is 127. The molecule has 0 unspecified atom stereocenters. The van der Waals surface area contributed by atoms with Gasteiger partial charge in [-0.3, -0.25) is 9.89 Å². The summed E-state index contributed by atoms with van der Waals surface area (Å²) in [6.07, 6.45) is 6.48. The van der Waals surface area contributed by atoms with E-state index in [0.717, 1.165) is 45.2 Å². The maximum atomic E-state index is 5.62. The molecule has 1 saturated carbocycles. The fourth-order valence-corrected chi connectivity index (χ4v) is 4.23. The van der Waals surface area contributed by atoms with Gasteiger partial charge in [-0.05, 0) is 38.1 Å². The van der Waals surface area contributed by atoms with Crippen LogP contribution in [0.2, 0.25) is 0 Å². The predicted octanol–water partition coefficient (Wildman–Crippen LogP) is 2.39. The van der Waals surface area contributed by atoms with Crippen molar-refractivity contribution in [2.75, 3.05) is 72.6 Å². The van der Waals surface area contributed by atoms with Crippen LogP contribution in [0.5, 0.6) is 0 Å². The number of aliphatic imine (C=N–C) groups is 1. The van der Waals surface area contributed by atoms with Gasteiger partial charge in [-0.25, -0.2) is 0 Å². The van der Waals surface area contributed by atoms with Gasteiger partial charge in [-0.1, -0.05) is 19.8 Å². The topological polar surface area (TPSA) is 52.1 Å². The van der Waals surface area contributed by atoms with Crippen molar-refractivity contribution in [1.29, 1.82) is 0 Å². The third kappa shape index (κ3) is 8.83. The van der Waals surface area contributed by atoms with Crippen LogP contribution in [0.1, 0.15) is 46.0 Å². The molecule has 2 aliphatic rings. The Morgan fingerprint density at radius 3 is 2.30 bits per heavy atom. The largest absolute Gasteiger partial charge is 0.382 e. The van der Waals surface area contributed by atoms with Crippen molar-refractivity contribution in [3.63, 3.8) is 0 Å². The van der Waals surface area contributed by atoms with Crippen molar-refractivity contribution < 1.29 is 4.74 Å². The quantitative estimate of drug-likeness (QED) is 0.211. The zero-order valence-electron chi connectivity index (χ0n) is 17.8. The van der Waals surface area contributed by atoms with Crippen molar-refractivity contribution in [2.45, 2.75) is 46.0 Å². The Kier molecular flexibility index (Phi) is 12.9. The molecule has 160 valence electrons. The van der Waals surface area contributed by atoms with Gasteiger partial charge in [0.25, 0.3) is 0 Å². The fraction of sp³-hybridized carbons (Fsp3) is 0.950. The van der Waals surface area contributed by atoms with Crippen LogP contribution in [0.3, 0.4) is 0 Å². The van der Waals surface area contributed by atoms with Crippen molar-refractivity contribution in [1.82, 2.24) is 20.4 Å². The van der Waals surface area contributed by atoms with E-state index < -0.39 is 0 Å². The SMILES string of the molecule is CCOCCC1(CNC(=NC)NCCN2CCN(CC)CC2)CCCC1.I. The lowest BCUT2D eigenvalue weighted by atomic mass is 9.83. The molecule has 0 bridgehead atoms. The van der Waals surface area contributed by atoms with E-state index in [1.54, 1.807) is 0 Å². The number of nitrogens with zero attached hydrogens (tertiary/aromatic N) is 3. The molecule has 0 radical (unpaired) electrons. The molecule has 0 aromatic heterocycles. The molecule has 0 atom stereocenters. The highest BCUT2D eigenvalue weighted by Crippen LogP contribution is 2.40. The number of piperazine rings is 1. The van der Waals surface area contributed by atoms with Gasteiger partial charge in [0.2, 0.25) is 0 Å². The van der Waals surface area contributed by atoms with E-state index in [1.807, 2.05) is 7.05 Å². The lowest BCUT2D eigenvalue weighted by Gasteiger charge is -2.34. The maximum Gasteiger partial charge on any atom is 0.191 e. The first kappa shape index (κ1) is 24.9. The van der Waals surface area contributed by atoms with Crippen LogP contribution in [-0.2, 0) is 4.74 Å². The first-order chi connectivity index (χ1) is 12.7. The van der Waals surface area contributed by atoms with E-state index in [9.17, 15) is 0 Å². The van der Waals surface area contributed by atoms with Crippen molar-refractivity contribution in [2.24, 2.45) is 10.4 Å². The van der Waals surface area contributed by atoms with Crippen LogP contribution >= 0.6 is 24.0 Å². The summed E-state index contributed by atoms with van der Waals surface area (Å²) in [6, 6.07) is 0.